The molecule has 0 heterocycles. The Kier molecular flexibility index (Phi) is 7.95. The summed E-state index contributed by atoms with van der Waals surface area (Å²) in [5, 5.41) is 2.64. The molecule has 2 aromatic rings. The molecular formula is C19H20FNO4S. The molecule has 0 aromatic heterocycles. The molecule has 1 N–H and O–H groups in total. The Morgan fingerprint density at radius 2 is 1.77 bits per heavy atom. The Morgan fingerprint density at radius 3 is 2.42 bits per heavy atom. The first-order valence-electron chi connectivity index (χ1n) is 8.13. The SMILES string of the molecule is CCOc1ccc(NC(=O)COC(=O)CCSc2ccc(F)cc2)cc1. The zero-order valence-electron chi connectivity index (χ0n) is 14.4. The number of ether oxygens (including phenoxy) is 2. The quantitative estimate of drug-likeness (QED) is 0.531. The lowest BCUT2D eigenvalue weighted by Crippen LogP contribution is -2.21. The summed E-state index contributed by atoms with van der Waals surface area (Å²) in [5.41, 5.74) is 0.598. The second-order valence-electron chi connectivity index (χ2n) is 5.22. The van der Waals surface area contributed by atoms with E-state index >= 15 is 0 Å². The van der Waals surface area contributed by atoms with Crippen LogP contribution in [0, 0.1) is 5.82 Å². The van der Waals surface area contributed by atoms with Crippen molar-refractivity contribution in [1.29, 1.82) is 0 Å². The number of carbonyl (C=O) groups excluding carboxylic acids is 2. The van der Waals surface area contributed by atoms with E-state index < -0.39 is 11.9 Å². The maximum atomic E-state index is 12.8. The van der Waals surface area contributed by atoms with Crippen LogP contribution in [0.5, 0.6) is 5.75 Å². The molecule has 138 valence electrons. The largest absolute Gasteiger partial charge is 0.494 e. The number of hydrogen-bond donors (Lipinski definition) is 1. The molecule has 0 saturated carbocycles. The number of nitrogens with one attached hydrogen (secondary N) is 1. The van der Waals surface area contributed by atoms with Gasteiger partial charge in [0.15, 0.2) is 6.61 Å². The lowest BCUT2D eigenvalue weighted by atomic mass is 10.3. The number of carbonyl (C=O) groups is 2. The van der Waals surface area contributed by atoms with Crippen molar-refractivity contribution in [3.05, 3.63) is 54.3 Å². The first-order chi connectivity index (χ1) is 12.6. The smallest absolute Gasteiger partial charge is 0.307 e. The number of thioether (sulfide) groups is 1. The molecule has 0 spiro atoms. The van der Waals surface area contributed by atoms with Crippen LogP contribution in [0.1, 0.15) is 13.3 Å². The van der Waals surface area contributed by atoms with E-state index in [1.165, 1.54) is 23.9 Å². The molecule has 0 aliphatic carbocycles. The Balaban J connectivity index is 1.64. The van der Waals surface area contributed by atoms with Crippen LogP contribution in [0.2, 0.25) is 0 Å². The van der Waals surface area contributed by atoms with Crippen LogP contribution in [0.4, 0.5) is 10.1 Å². The van der Waals surface area contributed by atoms with Crippen LogP contribution in [0.3, 0.4) is 0 Å². The molecule has 0 atom stereocenters. The molecule has 0 unspecified atom stereocenters. The lowest BCUT2D eigenvalue weighted by Gasteiger charge is -2.08. The molecule has 1 amide bonds. The number of benzene rings is 2. The van der Waals surface area contributed by atoms with Crippen LogP contribution in [-0.4, -0.2) is 30.8 Å². The van der Waals surface area contributed by atoms with Gasteiger partial charge in [0.05, 0.1) is 13.0 Å². The van der Waals surface area contributed by atoms with Gasteiger partial charge in [-0.05, 0) is 55.5 Å². The van der Waals surface area contributed by atoms with Crippen LogP contribution in [-0.2, 0) is 14.3 Å². The third-order valence-corrected chi connectivity index (χ3v) is 4.22. The van der Waals surface area contributed by atoms with Crippen LogP contribution >= 0.6 is 11.8 Å². The fourth-order valence-corrected chi connectivity index (χ4v) is 2.83. The van der Waals surface area contributed by atoms with E-state index in [0.29, 0.717) is 18.0 Å². The van der Waals surface area contributed by atoms with Crippen molar-refractivity contribution >= 4 is 29.3 Å². The van der Waals surface area contributed by atoms with Crippen LogP contribution in [0.25, 0.3) is 0 Å². The minimum Gasteiger partial charge on any atom is -0.494 e. The van der Waals surface area contributed by atoms with Crippen molar-refractivity contribution in [3.8, 4) is 5.75 Å². The molecule has 0 radical (unpaired) electrons. The predicted molar refractivity (Wildman–Crippen MR) is 98.9 cm³/mol. The highest BCUT2D eigenvalue weighted by Crippen LogP contribution is 2.19. The second-order valence-corrected chi connectivity index (χ2v) is 6.39. The van der Waals surface area contributed by atoms with Gasteiger partial charge in [-0.3, -0.25) is 9.59 Å². The Labute approximate surface area is 155 Å². The minimum absolute atomic E-state index is 0.165. The summed E-state index contributed by atoms with van der Waals surface area (Å²) in [5.74, 6) is 0.0448. The standard InChI is InChI=1S/C19H20FNO4S/c1-2-24-16-7-5-15(6-8-16)21-18(22)13-25-19(23)11-12-26-17-9-3-14(20)4-10-17/h3-10H,2,11-13H2,1H3,(H,21,22). The Hall–Kier alpha value is -2.54. The van der Waals surface area contributed by atoms with Crippen molar-refractivity contribution < 1.29 is 23.5 Å². The van der Waals surface area contributed by atoms with Crippen molar-refractivity contribution in [2.45, 2.75) is 18.2 Å². The van der Waals surface area contributed by atoms with Gasteiger partial charge in [0.25, 0.3) is 5.91 Å². The average Bonchev–Trinajstić information content (AvgIpc) is 2.63. The highest BCUT2D eigenvalue weighted by Gasteiger charge is 2.08. The summed E-state index contributed by atoms with van der Waals surface area (Å²) in [6.45, 7) is 2.12. The van der Waals surface area contributed by atoms with E-state index in [2.05, 4.69) is 5.32 Å². The summed E-state index contributed by atoms with van der Waals surface area (Å²) >= 11 is 1.42. The molecular weight excluding hydrogens is 357 g/mol. The summed E-state index contributed by atoms with van der Waals surface area (Å²) in [4.78, 5) is 24.3. The molecule has 0 aliphatic rings. The van der Waals surface area contributed by atoms with Gasteiger partial charge in [-0.15, -0.1) is 11.8 Å². The number of rotatable bonds is 9. The summed E-state index contributed by atoms with van der Waals surface area (Å²) in [6.07, 6.45) is 0.165. The van der Waals surface area contributed by atoms with Crippen molar-refractivity contribution in [3.63, 3.8) is 0 Å². The third kappa shape index (κ3) is 7.14. The highest BCUT2D eigenvalue weighted by molar-refractivity contribution is 7.99. The van der Waals surface area contributed by atoms with Crippen LogP contribution < -0.4 is 10.1 Å². The number of halogens is 1. The van der Waals surface area contributed by atoms with E-state index in [9.17, 15) is 14.0 Å². The predicted octanol–water partition coefficient (Wildman–Crippen LogP) is 3.89. The maximum Gasteiger partial charge on any atom is 0.307 e. The number of hydrogen-bond acceptors (Lipinski definition) is 5. The molecule has 7 heteroatoms. The summed E-state index contributed by atoms with van der Waals surface area (Å²) in [6, 6.07) is 13.0. The fourth-order valence-electron chi connectivity index (χ4n) is 2.00. The number of esters is 1. The zero-order chi connectivity index (χ0) is 18.8. The monoisotopic (exact) mass is 377 g/mol. The summed E-state index contributed by atoms with van der Waals surface area (Å²) in [7, 11) is 0. The van der Waals surface area contributed by atoms with Crippen molar-refractivity contribution in [2.75, 3.05) is 24.3 Å². The van der Waals surface area contributed by atoms with E-state index in [-0.39, 0.29) is 18.8 Å². The maximum absolute atomic E-state index is 12.8. The van der Waals surface area contributed by atoms with E-state index in [1.807, 2.05) is 6.92 Å². The van der Waals surface area contributed by atoms with E-state index in [4.69, 9.17) is 9.47 Å². The van der Waals surface area contributed by atoms with E-state index in [1.54, 1.807) is 36.4 Å². The normalized spacial score (nSPS) is 10.2. The van der Waals surface area contributed by atoms with Crippen molar-refractivity contribution in [2.24, 2.45) is 0 Å². The van der Waals surface area contributed by atoms with Gasteiger partial charge in [0.1, 0.15) is 11.6 Å². The molecule has 26 heavy (non-hydrogen) atoms. The highest BCUT2D eigenvalue weighted by atomic mass is 32.2. The van der Waals surface area contributed by atoms with Crippen molar-refractivity contribution in [1.82, 2.24) is 0 Å². The topological polar surface area (TPSA) is 64.6 Å². The zero-order valence-corrected chi connectivity index (χ0v) is 15.2. The lowest BCUT2D eigenvalue weighted by molar-refractivity contribution is -0.146. The molecule has 5 nitrogen and oxygen atoms in total. The molecule has 0 aliphatic heterocycles. The van der Waals surface area contributed by atoms with Gasteiger partial charge >= 0.3 is 5.97 Å². The Morgan fingerprint density at radius 1 is 1.08 bits per heavy atom. The fraction of sp³-hybridized carbons (Fsp3) is 0.263. The number of anilines is 1. The first kappa shape index (κ1) is 19.8. The first-order valence-corrected chi connectivity index (χ1v) is 9.12. The Bertz CT molecular complexity index is 719. The molecule has 2 rings (SSSR count). The third-order valence-electron chi connectivity index (χ3n) is 3.20. The molecule has 2 aromatic carbocycles. The molecule has 0 bridgehead atoms. The van der Waals surface area contributed by atoms with Gasteiger partial charge in [0.2, 0.25) is 0 Å². The van der Waals surface area contributed by atoms with Gasteiger partial charge in [-0.25, -0.2) is 4.39 Å². The average molecular weight is 377 g/mol. The van der Waals surface area contributed by atoms with Gasteiger partial charge in [-0.2, -0.15) is 0 Å². The van der Waals surface area contributed by atoms with Gasteiger partial charge in [0, 0.05) is 16.3 Å². The van der Waals surface area contributed by atoms with Gasteiger partial charge in [-0.1, -0.05) is 0 Å². The second kappa shape index (κ2) is 10.5. The van der Waals surface area contributed by atoms with Crippen LogP contribution in [0.15, 0.2) is 53.4 Å². The minimum atomic E-state index is -0.457. The summed E-state index contributed by atoms with van der Waals surface area (Å²) < 4.78 is 23.1. The number of amides is 1. The van der Waals surface area contributed by atoms with E-state index in [0.717, 1.165) is 10.6 Å². The molecule has 0 fully saturated rings. The molecule has 0 saturated heterocycles. The van der Waals surface area contributed by atoms with Gasteiger partial charge < -0.3 is 14.8 Å².